The van der Waals surface area contributed by atoms with E-state index in [2.05, 4.69) is 20.8 Å². The molecule has 4 rings (SSSR count). The molecular weight excluding hydrogens is 432 g/mol. The first-order valence-electron chi connectivity index (χ1n) is 13.5. The largest absolute Gasteiger partial charge is 0.469 e. The SMILES string of the molecule is CCOC(=O)[C@@H]1CC[C@@]2(C)[C@@H](CC(=O)[C@@H]3[C@@H]2C[C@H](O)[C@]2(C)[C@@H]([C@@H](C)CCC(=O)OC)CC[C@@H]32)C1. The molecule has 4 saturated carbocycles. The van der Waals surface area contributed by atoms with Gasteiger partial charge in [-0.05, 0) is 86.9 Å². The highest BCUT2D eigenvalue weighted by atomic mass is 16.5. The molecule has 0 bridgehead atoms. The number of hydrogen-bond donors (Lipinski definition) is 1. The van der Waals surface area contributed by atoms with E-state index in [0.717, 1.165) is 38.5 Å². The Morgan fingerprint density at radius 2 is 1.88 bits per heavy atom. The number of Topliss-reactive ketones (excluding diaryl/α,β-unsaturated/α-hetero) is 1. The highest BCUT2D eigenvalue weighted by Crippen LogP contribution is 2.68. The Bertz CT molecular complexity index is 809. The van der Waals surface area contributed by atoms with Crippen LogP contribution in [0.3, 0.4) is 0 Å². The van der Waals surface area contributed by atoms with Crippen LogP contribution in [0.2, 0.25) is 0 Å². The molecule has 0 aromatic carbocycles. The van der Waals surface area contributed by atoms with Crippen LogP contribution in [0.25, 0.3) is 0 Å². The Kier molecular flexibility index (Phi) is 7.21. The molecule has 0 heterocycles. The Morgan fingerprint density at radius 1 is 1.15 bits per heavy atom. The maximum absolute atomic E-state index is 13.7. The molecule has 1 N–H and O–H groups in total. The average molecular weight is 477 g/mol. The van der Waals surface area contributed by atoms with Gasteiger partial charge in [0.2, 0.25) is 0 Å². The predicted molar refractivity (Wildman–Crippen MR) is 128 cm³/mol. The van der Waals surface area contributed by atoms with Crippen LogP contribution in [-0.2, 0) is 23.9 Å². The second-order valence-corrected chi connectivity index (χ2v) is 12.2. The minimum absolute atomic E-state index is 0.00611. The van der Waals surface area contributed by atoms with Crippen LogP contribution in [0.5, 0.6) is 0 Å². The Hall–Kier alpha value is -1.43. The maximum Gasteiger partial charge on any atom is 0.308 e. The molecule has 0 aliphatic heterocycles. The van der Waals surface area contributed by atoms with Crippen molar-refractivity contribution in [1.82, 2.24) is 0 Å². The smallest absolute Gasteiger partial charge is 0.308 e. The van der Waals surface area contributed by atoms with Crippen molar-refractivity contribution in [3.8, 4) is 0 Å². The fourth-order valence-corrected chi connectivity index (χ4v) is 8.99. The van der Waals surface area contributed by atoms with Gasteiger partial charge in [-0.15, -0.1) is 0 Å². The van der Waals surface area contributed by atoms with Crippen molar-refractivity contribution in [1.29, 1.82) is 0 Å². The molecule has 34 heavy (non-hydrogen) atoms. The maximum atomic E-state index is 13.7. The van der Waals surface area contributed by atoms with E-state index in [0.29, 0.717) is 43.5 Å². The topological polar surface area (TPSA) is 89.9 Å². The van der Waals surface area contributed by atoms with Crippen LogP contribution < -0.4 is 0 Å². The number of carbonyl (C=O) groups is 3. The second kappa shape index (κ2) is 9.55. The number of ether oxygens (including phenoxy) is 2. The van der Waals surface area contributed by atoms with E-state index in [-0.39, 0.29) is 52.4 Å². The molecule has 4 fully saturated rings. The van der Waals surface area contributed by atoms with Gasteiger partial charge in [0.1, 0.15) is 5.78 Å². The zero-order valence-electron chi connectivity index (χ0n) is 21.7. The Balaban J connectivity index is 1.54. The van der Waals surface area contributed by atoms with Gasteiger partial charge < -0.3 is 14.6 Å². The summed E-state index contributed by atoms with van der Waals surface area (Å²) in [5.74, 6) is 1.11. The Morgan fingerprint density at radius 3 is 2.56 bits per heavy atom. The molecule has 6 heteroatoms. The van der Waals surface area contributed by atoms with E-state index < -0.39 is 6.10 Å². The number of aliphatic hydroxyl groups excluding tert-OH is 1. The predicted octanol–water partition coefficient (Wildman–Crippen LogP) is 4.56. The monoisotopic (exact) mass is 476 g/mol. The lowest BCUT2D eigenvalue weighted by Crippen LogP contribution is -2.61. The third-order valence-electron chi connectivity index (χ3n) is 11.0. The molecule has 192 valence electrons. The van der Waals surface area contributed by atoms with Gasteiger partial charge in [0.25, 0.3) is 0 Å². The molecule has 4 aliphatic carbocycles. The summed E-state index contributed by atoms with van der Waals surface area (Å²) in [7, 11) is 1.42. The van der Waals surface area contributed by atoms with E-state index in [1.54, 1.807) is 0 Å². The summed E-state index contributed by atoms with van der Waals surface area (Å²) in [6.45, 7) is 8.96. The molecule has 0 radical (unpaired) electrons. The van der Waals surface area contributed by atoms with Gasteiger partial charge in [0.15, 0.2) is 0 Å². The molecule has 4 aliphatic rings. The van der Waals surface area contributed by atoms with Crippen molar-refractivity contribution in [3.05, 3.63) is 0 Å². The van der Waals surface area contributed by atoms with Crippen LogP contribution >= 0.6 is 0 Å². The molecule has 0 unspecified atom stereocenters. The molecule has 0 saturated heterocycles. The van der Waals surface area contributed by atoms with Gasteiger partial charge >= 0.3 is 11.9 Å². The van der Waals surface area contributed by atoms with Crippen molar-refractivity contribution in [2.24, 2.45) is 52.3 Å². The van der Waals surface area contributed by atoms with Crippen molar-refractivity contribution >= 4 is 17.7 Å². The summed E-state index contributed by atoms with van der Waals surface area (Å²) in [6.07, 6.45) is 6.37. The number of hydrogen-bond acceptors (Lipinski definition) is 6. The van der Waals surface area contributed by atoms with Gasteiger partial charge in [-0.1, -0.05) is 20.8 Å². The average Bonchev–Trinajstić information content (AvgIpc) is 3.16. The normalized spacial score (nSPS) is 44.4. The third kappa shape index (κ3) is 4.02. The van der Waals surface area contributed by atoms with Gasteiger partial charge in [-0.2, -0.15) is 0 Å². The third-order valence-corrected chi connectivity index (χ3v) is 11.0. The molecule has 0 aromatic rings. The first kappa shape index (κ1) is 25.7. The summed E-state index contributed by atoms with van der Waals surface area (Å²) in [6, 6.07) is 0. The number of carbonyl (C=O) groups excluding carboxylic acids is 3. The van der Waals surface area contributed by atoms with Crippen molar-refractivity contribution in [2.75, 3.05) is 13.7 Å². The van der Waals surface area contributed by atoms with E-state index in [1.807, 2.05) is 6.92 Å². The van der Waals surface area contributed by atoms with Gasteiger partial charge in [0, 0.05) is 24.2 Å². The number of methoxy groups -OCH3 is 1. The molecule has 0 spiro atoms. The fraction of sp³-hybridized carbons (Fsp3) is 0.893. The number of fused-ring (bicyclic) bond motifs is 5. The first-order valence-corrected chi connectivity index (χ1v) is 13.5. The minimum Gasteiger partial charge on any atom is -0.469 e. The summed E-state index contributed by atoms with van der Waals surface area (Å²) < 4.78 is 10.1. The van der Waals surface area contributed by atoms with E-state index in [1.165, 1.54) is 7.11 Å². The zero-order valence-corrected chi connectivity index (χ0v) is 21.7. The molecule has 0 amide bonds. The quantitative estimate of drug-likeness (QED) is 0.565. The second-order valence-electron chi connectivity index (χ2n) is 12.2. The van der Waals surface area contributed by atoms with Gasteiger partial charge in [0.05, 0.1) is 25.7 Å². The van der Waals surface area contributed by atoms with E-state index >= 15 is 0 Å². The number of rotatable bonds is 6. The number of ketones is 1. The minimum atomic E-state index is -0.446. The highest BCUT2D eigenvalue weighted by molar-refractivity contribution is 5.84. The number of esters is 2. The molecule has 6 nitrogen and oxygen atoms in total. The van der Waals surface area contributed by atoms with Gasteiger partial charge in [-0.25, -0.2) is 0 Å². The first-order chi connectivity index (χ1) is 16.1. The molecule has 0 aromatic heterocycles. The summed E-state index contributed by atoms with van der Waals surface area (Å²) in [5.41, 5.74) is -0.309. The van der Waals surface area contributed by atoms with Crippen molar-refractivity contribution in [2.45, 2.75) is 91.6 Å². The van der Waals surface area contributed by atoms with Crippen LogP contribution in [0.4, 0.5) is 0 Å². The van der Waals surface area contributed by atoms with Crippen LogP contribution in [-0.4, -0.2) is 42.6 Å². The lowest BCUT2D eigenvalue weighted by Gasteiger charge is -2.61. The van der Waals surface area contributed by atoms with Crippen molar-refractivity contribution < 1.29 is 29.0 Å². The summed E-state index contributed by atoms with van der Waals surface area (Å²) in [5, 5.41) is 11.6. The van der Waals surface area contributed by atoms with E-state index in [4.69, 9.17) is 9.47 Å². The van der Waals surface area contributed by atoms with E-state index in [9.17, 15) is 19.5 Å². The van der Waals surface area contributed by atoms with Crippen LogP contribution in [0.1, 0.15) is 85.5 Å². The molecule has 10 atom stereocenters. The lowest BCUT2D eigenvalue weighted by molar-refractivity contribution is -0.183. The molecular formula is C28H44O6. The van der Waals surface area contributed by atoms with Gasteiger partial charge in [-0.3, -0.25) is 14.4 Å². The highest BCUT2D eigenvalue weighted by Gasteiger charge is 2.66. The lowest BCUT2D eigenvalue weighted by atomic mass is 9.43. The fourth-order valence-electron chi connectivity index (χ4n) is 8.99. The van der Waals surface area contributed by atoms with Crippen LogP contribution in [0.15, 0.2) is 0 Å². The standard InChI is InChI=1S/C28H44O6/c1-6-34-26(32)17-11-12-27(3)18(13-17)14-22(29)25-20-9-8-19(16(2)7-10-24(31)33-5)28(20,4)23(30)15-21(25)27/h16-21,23,25,30H,6-15H2,1-5H3/t16-,17+,18+,19+,20-,21-,23-,25-,27-,28+/m0/s1. The summed E-state index contributed by atoms with van der Waals surface area (Å²) >= 11 is 0. The Labute approximate surface area is 204 Å². The summed E-state index contributed by atoms with van der Waals surface area (Å²) in [4.78, 5) is 37.8. The number of aliphatic hydroxyl groups is 1. The van der Waals surface area contributed by atoms with Crippen LogP contribution in [0, 0.1) is 52.3 Å². The zero-order chi connectivity index (χ0) is 24.8. The van der Waals surface area contributed by atoms with Crippen molar-refractivity contribution in [3.63, 3.8) is 0 Å².